The molecule has 0 unspecified atom stereocenters. The lowest BCUT2D eigenvalue weighted by molar-refractivity contribution is -0.00000522. The molecule has 0 nitrogen and oxygen atoms in total. The summed E-state index contributed by atoms with van der Waals surface area (Å²) < 4.78 is 0. The molecule has 0 heterocycles. The van der Waals surface area contributed by atoms with Gasteiger partial charge in [-0.1, -0.05) is 66.7 Å². The summed E-state index contributed by atoms with van der Waals surface area (Å²) in [5.74, 6) is 0.753. The van der Waals surface area contributed by atoms with Crippen molar-refractivity contribution in [3.05, 3.63) is 103 Å². The molecular formula is C25H27BrClP. The largest absolute Gasteiger partial charge is 1.00 e. The number of allylic oxidation sites excluding steroid dienone is 2. The second kappa shape index (κ2) is 12.2. The third-order valence-corrected chi connectivity index (χ3v) is 9.46. The van der Waals surface area contributed by atoms with Crippen LogP contribution in [-0.4, -0.2) is 12.0 Å². The summed E-state index contributed by atoms with van der Waals surface area (Å²) in [5, 5.41) is 4.31. The van der Waals surface area contributed by atoms with E-state index in [0.29, 0.717) is 0 Å². The summed E-state index contributed by atoms with van der Waals surface area (Å²) in [6.45, 7) is 0. The molecule has 28 heavy (non-hydrogen) atoms. The number of halogens is 2. The van der Waals surface area contributed by atoms with Gasteiger partial charge in [-0.25, -0.2) is 0 Å². The predicted molar refractivity (Wildman–Crippen MR) is 124 cm³/mol. The van der Waals surface area contributed by atoms with Crippen LogP contribution in [0, 0.1) is 0 Å². The molecule has 0 aliphatic carbocycles. The minimum absolute atomic E-state index is 0. The van der Waals surface area contributed by atoms with E-state index in [1.807, 2.05) is 0 Å². The van der Waals surface area contributed by atoms with Crippen molar-refractivity contribution in [2.24, 2.45) is 0 Å². The van der Waals surface area contributed by atoms with Gasteiger partial charge in [-0.05, 0) is 55.7 Å². The second-order valence-electron chi connectivity index (χ2n) is 6.66. The van der Waals surface area contributed by atoms with Crippen molar-refractivity contribution in [2.45, 2.75) is 19.3 Å². The highest BCUT2D eigenvalue weighted by atomic mass is 79.9. The maximum Gasteiger partial charge on any atom is 0.115 e. The van der Waals surface area contributed by atoms with E-state index in [4.69, 9.17) is 11.6 Å². The molecule has 146 valence electrons. The number of hydrogen-bond donors (Lipinski definition) is 0. The van der Waals surface area contributed by atoms with Gasteiger partial charge in [-0.2, -0.15) is 0 Å². The first kappa shape index (κ1) is 22.9. The van der Waals surface area contributed by atoms with Crippen molar-refractivity contribution >= 4 is 34.8 Å². The molecule has 0 saturated heterocycles. The first-order valence-electron chi connectivity index (χ1n) is 9.64. The second-order valence-corrected chi connectivity index (χ2v) is 10.6. The average molecular weight is 474 g/mol. The molecule has 0 N–H and O–H groups in total. The van der Waals surface area contributed by atoms with Crippen LogP contribution in [0.25, 0.3) is 0 Å². The molecule has 3 aromatic carbocycles. The number of benzene rings is 3. The Morgan fingerprint density at radius 2 is 1.04 bits per heavy atom. The van der Waals surface area contributed by atoms with E-state index in [1.165, 1.54) is 15.9 Å². The molecule has 0 bridgehead atoms. The monoisotopic (exact) mass is 472 g/mol. The van der Waals surface area contributed by atoms with Crippen molar-refractivity contribution in [1.82, 2.24) is 0 Å². The van der Waals surface area contributed by atoms with Crippen LogP contribution >= 0.6 is 18.9 Å². The average Bonchev–Trinajstić information content (AvgIpc) is 2.75. The quantitative estimate of drug-likeness (QED) is 0.194. The van der Waals surface area contributed by atoms with Crippen molar-refractivity contribution in [3.8, 4) is 0 Å². The van der Waals surface area contributed by atoms with Crippen LogP contribution in [0.4, 0.5) is 0 Å². The third-order valence-electron chi connectivity index (χ3n) is 4.89. The van der Waals surface area contributed by atoms with E-state index in [0.717, 1.165) is 31.3 Å². The molecule has 0 atom stereocenters. The van der Waals surface area contributed by atoms with Crippen LogP contribution in [0.1, 0.15) is 19.3 Å². The Bertz CT molecular complexity index is 722. The fourth-order valence-corrected chi connectivity index (χ4v) is 7.74. The Hall–Kier alpha value is -1.40. The van der Waals surface area contributed by atoms with Crippen LogP contribution in [0.3, 0.4) is 0 Å². The van der Waals surface area contributed by atoms with Gasteiger partial charge in [0.2, 0.25) is 0 Å². The first-order chi connectivity index (χ1) is 13.4. The lowest BCUT2D eigenvalue weighted by atomic mass is 10.2. The molecule has 3 heteroatoms. The molecule has 3 aromatic rings. The maximum absolute atomic E-state index is 5.81. The van der Waals surface area contributed by atoms with Gasteiger partial charge >= 0.3 is 0 Å². The zero-order valence-corrected chi connectivity index (χ0v) is 19.3. The Balaban J connectivity index is 0.00000280. The fourth-order valence-electron chi connectivity index (χ4n) is 3.52. The summed E-state index contributed by atoms with van der Waals surface area (Å²) in [5.41, 5.74) is 0. The van der Waals surface area contributed by atoms with Crippen molar-refractivity contribution in [3.63, 3.8) is 0 Å². The van der Waals surface area contributed by atoms with Gasteiger partial charge in [0.15, 0.2) is 0 Å². The molecule has 3 rings (SSSR count). The van der Waals surface area contributed by atoms with Gasteiger partial charge in [-0.15, -0.1) is 11.6 Å². The lowest BCUT2D eigenvalue weighted by Gasteiger charge is -2.26. The van der Waals surface area contributed by atoms with E-state index in [-0.39, 0.29) is 17.0 Å². The van der Waals surface area contributed by atoms with E-state index >= 15 is 0 Å². The van der Waals surface area contributed by atoms with E-state index in [9.17, 15) is 0 Å². The highest BCUT2D eigenvalue weighted by Crippen LogP contribution is 2.55. The molecule has 0 radical (unpaired) electrons. The normalized spacial score (nSPS) is 11.3. The molecule has 0 aromatic heterocycles. The highest BCUT2D eigenvalue weighted by Gasteiger charge is 2.43. The molecule has 0 saturated carbocycles. The third kappa shape index (κ3) is 5.57. The van der Waals surface area contributed by atoms with Crippen LogP contribution in [0.2, 0.25) is 0 Å². The summed E-state index contributed by atoms with van der Waals surface area (Å²) >= 11 is 5.81. The zero-order chi connectivity index (χ0) is 18.8. The number of hydrogen-bond acceptors (Lipinski definition) is 0. The summed E-state index contributed by atoms with van der Waals surface area (Å²) in [7, 11) is -1.72. The maximum atomic E-state index is 5.81. The van der Waals surface area contributed by atoms with E-state index < -0.39 is 7.26 Å². The van der Waals surface area contributed by atoms with Gasteiger partial charge < -0.3 is 17.0 Å². The summed E-state index contributed by atoms with van der Waals surface area (Å²) in [6, 6.07) is 33.1. The summed E-state index contributed by atoms with van der Waals surface area (Å²) in [4.78, 5) is 0. The Morgan fingerprint density at radius 1 is 0.607 bits per heavy atom. The Labute approximate surface area is 185 Å². The summed E-state index contributed by atoms with van der Waals surface area (Å²) in [6.07, 6.45) is 9.14. The SMILES string of the molecule is ClCCCCC=CC[P+](c1ccccc1)(c1ccccc1)c1ccccc1.[Br-]. The Morgan fingerprint density at radius 3 is 1.43 bits per heavy atom. The van der Waals surface area contributed by atoms with Crippen LogP contribution in [0.5, 0.6) is 0 Å². The van der Waals surface area contributed by atoms with Gasteiger partial charge in [0.1, 0.15) is 23.2 Å². The zero-order valence-electron chi connectivity index (χ0n) is 16.1. The minimum Gasteiger partial charge on any atom is -1.00 e. The molecular weight excluding hydrogens is 447 g/mol. The first-order valence-corrected chi connectivity index (χ1v) is 12.1. The number of rotatable bonds is 9. The van der Waals surface area contributed by atoms with Gasteiger partial charge in [0.05, 0.1) is 6.16 Å². The van der Waals surface area contributed by atoms with Crippen molar-refractivity contribution < 1.29 is 17.0 Å². The fraction of sp³-hybridized carbons (Fsp3) is 0.200. The molecule has 0 aliphatic rings. The van der Waals surface area contributed by atoms with Gasteiger partial charge in [-0.3, -0.25) is 0 Å². The molecule has 0 fully saturated rings. The minimum atomic E-state index is -1.72. The lowest BCUT2D eigenvalue weighted by Crippen LogP contribution is -3.00. The van der Waals surface area contributed by atoms with Crippen LogP contribution in [0.15, 0.2) is 103 Å². The van der Waals surface area contributed by atoms with E-state index in [1.54, 1.807) is 0 Å². The van der Waals surface area contributed by atoms with Crippen molar-refractivity contribution in [1.29, 1.82) is 0 Å². The highest BCUT2D eigenvalue weighted by molar-refractivity contribution is 7.95. The van der Waals surface area contributed by atoms with Crippen molar-refractivity contribution in [2.75, 3.05) is 12.0 Å². The standard InChI is InChI=1S/C25H27ClP.BrH/c26-21-13-2-1-3-14-22-27(23-15-7-4-8-16-23,24-17-9-5-10-18-24)25-19-11-6-12-20-25;/h3-12,14-20H,1-2,13,21-22H2;1H/q+1;/p-1. The smallest absolute Gasteiger partial charge is 0.115 e. The molecule has 0 amide bonds. The predicted octanol–water partition coefficient (Wildman–Crippen LogP) is 2.95. The Kier molecular flexibility index (Phi) is 9.99. The van der Waals surface area contributed by atoms with E-state index in [2.05, 4.69) is 103 Å². The van der Waals surface area contributed by atoms with Crippen LogP contribution in [-0.2, 0) is 0 Å². The molecule has 0 aliphatic heterocycles. The van der Waals surface area contributed by atoms with Gasteiger partial charge in [0, 0.05) is 5.88 Å². The van der Waals surface area contributed by atoms with Gasteiger partial charge in [0.25, 0.3) is 0 Å². The molecule has 0 spiro atoms. The number of unbranched alkanes of at least 4 members (excludes halogenated alkanes) is 2. The number of alkyl halides is 1. The van der Waals surface area contributed by atoms with Crippen LogP contribution < -0.4 is 32.9 Å². The topological polar surface area (TPSA) is 0 Å².